The number of fused-ring (bicyclic) bond motifs is 1. The molecule has 0 atom stereocenters. The van der Waals surface area contributed by atoms with Gasteiger partial charge >= 0.3 is 0 Å². The van der Waals surface area contributed by atoms with Crippen molar-refractivity contribution < 1.29 is 0 Å². The minimum Gasteiger partial charge on any atom is -0.323 e. The molecule has 0 spiro atoms. The molecule has 0 aliphatic rings. The van der Waals surface area contributed by atoms with E-state index in [-0.39, 0.29) is 0 Å². The van der Waals surface area contributed by atoms with Crippen LogP contribution in [0.1, 0.15) is 31.2 Å². The number of benzene rings is 2. The highest BCUT2D eigenvalue weighted by Gasteiger charge is 2.12. The Kier molecular flexibility index (Phi) is 4.70. The highest BCUT2D eigenvalue weighted by Crippen LogP contribution is 2.25. The van der Waals surface area contributed by atoms with Crippen molar-refractivity contribution in [3.63, 3.8) is 0 Å². The summed E-state index contributed by atoms with van der Waals surface area (Å²) in [5.74, 6) is 1.12. The smallest absolute Gasteiger partial charge is 0.110 e. The summed E-state index contributed by atoms with van der Waals surface area (Å²) in [4.78, 5) is 4.79. The van der Waals surface area contributed by atoms with Crippen molar-refractivity contribution >= 4 is 34.2 Å². The Labute approximate surface area is 140 Å². The van der Waals surface area contributed by atoms with Crippen LogP contribution in [0.4, 0.5) is 0 Å². The van der Waals surface area contributed by atoms with Gasteiger partial charge in [-0.2, -0.15) is 0 Å². The first kappa shape index (κ1) is 15.4. The van der Waals surface area contributed by atoms with Crippen molar-refractivity contribution in [1.29, 1.82) is 0 Å². The molecule has 0 N–H and O–H groups in total. The van der Waals surface area contributed by atoms with E-state index in [0.29, 0.717) is 10.0 Å². The average Bonchev–Trinajstić information content (AvgIpc) is 2.86. The van der Waals surface area contributed by atoms with Crippen LogP contribution in [0.5, 0.6) is 0 Å². The summed E-state index contributed by atoms with van der Waals surface area (Å²) in [6, 6.07) is 13.9. The molecule has 1 aromatic heterocycles. The highest BCUT2D eigenvalue weighted by molar-refractivity contribution is 6.35. The average molecular weight is 333 g/mol. The predicted octanol–water partition coefficient (Wildman–Crippen LogP) is 5.73. The highest BCUT2D eigenvalue weighted by atomic mass is 35.5. The van der Waals surface area contributed by atoms with E-state index in [1.54, 1.807) is 6.07 Å². The van der Waals surface area contributed by atoms with E-state index in [1.165, 1.54) is 0 Å². The van der Waals surface area contributed by atoms with Crippen molar-refractivity contribution in [3.8, 4) is 0 Å². The van der Waals surface area contributed by atoms with Crippen molar-refractivity contribution in [1.82, 2.24) is 9.55 Å². The zero-order valence-electron chi connectivity index (χ0n) is 12.5. The van der Waals surface area contributed by atoms with E-state index < -0.39 is 0 Å². The van der Waals surface area contributed by atoms with E-state index in [9.17, 15) is 0 Å². The molecular weight excluding hydrogens is 315 g/mol. The summed E-state index contributed by atoms with van der Waals surface area (Å²) in [6.45, 7) is 2.92. The SMILES string of the molecule is CCCCc1nc2ccccc2n1Cc1ccc(Cl)cc1Cl. The third-order valence-electron chi connectivity index (χ3n) is 3.83. The van der Waals surface area contributed by atoms with E-state index >= 15 is 0 Å². The largest absolute Gasteiger partial charge is 0.323 e. The summed E-state index contributed by atoms with van der Waals surface area (Å²) in [5, 5.41) is 1.36. The molecule has 0 saturated carbocycles. The number of imidazole rings is 1. The quantitative estimate of drug-likeness (QED) is 0.583. The van der Waals surface area contributed by atoms with Gasteiger partial charge in [0.05, 0.1) is 17.6 Å². The molecule has 4 heteroatoms. The lowest BCUT2D eigenvalue weighted by Crippen LogP contribution is -2.06. The summed E-state index contributed by atoms with van der Waals surface area (Å²) < 4.78 is 2.26. The molecular formula is C18H18Cl2N2. The number of halogens is 2. The van der Waals surface area contributed by atoms with E-state index in [0.717, 1.165) is 48.2 Å². The number of rotatable bonds is 5. The van der Waals surface area contributed by atoms with Crippen LogP contribution in [0.25, 0.3) is 11.0 Å². The molecule has 114 valence electrons. The third-order valence-corrected chi connectivity index (χ3v) is 4.42. The molecule has 0 fully saturated rings. The minimum atomic E-state index is 0.662. The van der Waals surface area contributed by atoms with E-state index in [2.05, 4.69) is 23.6 Å². The second-order valence-corrected chi connectivity index (χ2v) is 6.29. The molecule has 0 saturated heterocycles. The zero-order chi connectivity index (χ0) is 15.5. The molecule has 0 unspecified atom stereocenters. The van der Waals surface area contributed by atoms with Crippen molar-refractivity contribution in [2.24, 2.45) is 0 Å². The third kappa shape index (κ3) is 3.13. The van der Waals surface area contributed by atoms with Crippen LogP contribution >= 0.6 is 23.2 Å². The molecule has 0 aliphatic heterocycles. The van der Waals surface area contributed by atoms with Crippen LogP contribution in [-0.2, 0) is 13.0 Å². The van der Waals surface area contributed by atoms with Crippen molar-refractivity contribution in [2.75, 3.05) is 0 Å². The van der Waals surface area contributed by atoms with Gasteiger partial charge in [-0.1, -0.05) is 54.7 Å². The van der Waals surface area contributed by atoms with Gasteiger partial charge in [-0.15, -0.1) is 0 Å². The number of hydrogen-bond donors (Lipinski definition) is 0. The number of unbranched alkanes of at least 4 members (excludes halogenated alkanes) is 1. The molecule has 1 heterocycles. The second-order valence-electron chi connectivity index (χ2n) is 5.44. The Hall–Kier alpha value is -1.51. The lowest BCUT2D eigenvalue weighted by atomic mass is 10.2. The van der Waals surface area contributed by atoms with Crippen LogP contribution in [0.15, 0.2) is 42.5 Å². The van der Waals surface area contributed by atoms with Gasteiger partial charge < -0.3 is 4.57 Å². The fraction of sp³-hybridized carbons (Fsp3) is 0.278. The van der Waals surface area contributed by atoms with Crippen LogP contribution in [0.3, 0.4) is 0 Å². The summed E-state index contributed by atoms with van der Waals surface area (Å²) in [7, 11) is 0. The fourth-order valence-corrected chi connectivity index (χ4v) is 3.12. The Balaban J connectivity index is 2.03. The Bertz CT molecular complexity index is 793. The van der Waals surface area contributed by atoms with Crippen LogP contribution < -0.4 is 0 Å². The van der Waals surface area contributed by atoms with Gasteiger partial charge in [0.1, 0.15) is 5.82 Å². The van der Waals surface area contributed by atoms with Crippen LogP contribution in [-0.4, -0.2) is 9.55 Å². The molecule has 3 rings (SSSR count). The maximum Gasteiger partial charge on any atom is 0.110 e. The van der Waals surface area contributed by atoms with Gasteiger partial charge in [0.25, 0.3) is 0 Å². The molecule has 0 radical (unpaired) electrons. The number of para-hydroxylation sites is 2. The van der Waals surface area contributed by atoms with Crippen LogP contribution in [0, 0.1) is 0 Å². The minimum absolute atomic E-state index is 0.662. The number of hydrogen-bond acceptors (Lipinski definition) is 1. The number of aryl methyl sites for hydroxylation is 1. The molecule has 3 aromatic rings. The summed E-state index contributed by atoms with van der Waals surface area (Å²) in [5.41, 5.74) is 3.25. The van der Waals surface area contributed by atoms with Gasteiger partial charge in [0.2, 0.25) is 0 Å². The number of nitrogens with zero attached hydrogens (tertiary/aromatic N) is 2. The lowest BCUT2D eigenvalue weighted by molar-refractivity contribution is 0.690. The van der Waals surface area contributed by atoms with Gasteiger partial charge in [-0.05, 0) is 36.2 Å². The standard InChI is InChI=1S/C18H18Cl2N2/c1-2-3-8-18-21-16-6-4-5-7-17(16)22(18)12-13-9-10-14(19)11-15(13)20/h4-7,9-11H,2-3,8,12H2,1H3. The Morgan fingerprint density at radius 1 is 1.09 bits per heavy atom. The van der Waals surface area contributed by atoms with Gasteiger partial charge in [-0.25, -0.2) is 4.98 Å². The topological polar surface area (TPSA) is 17.8 Å². The molecule has 0 aliphatic carbocycles. The first-order valence-electron chi connectivity index (χ1n) is 7.57. The molecule has 2 aromatic carbocycles. The van der Waals surface area contributed by atoms with Gasteiger partial charge in [0.15, 0.2) is 0 Å². The van der Waals surface area contributed by atoms with Gasteiger partial charge in [0, 0.05) is 16.5 Å². The fourth-order valence-electron chi connectivity index (χ4n) is 2.65. The predicted molar refractivity (Wildman–Crippen MR) is 93.9 cm³/mol. The maximum absolute atomic E-state index is 6.34. The van der Waals surface area contributed by atoms with Crippen LogP contribution in [0.2, 0.25) is 10.0 Å². The normalized spacial score (nSPS) is 11.2. The first-order valence-corrected chi connectivity index (χ1v) is 8.32. The Morgan fingerprint density at radius 2 is 1.91 bits per heavy atom. The molecule has 2 nitrogen and oxygen atoms in total. The van der Waals surface area contributed by atoms with Gasteiger partial charge in [-0.3, -0.25) is 0 Å². The summed E-state index contributed by atoms with van der Waals surface area (Å²) in [6.07, 6.45) is 3.28. The zero-order valence-corrected chi connectivity index (χ0v) is 14.0. The second kappa shape index (κ2) is 6.72. The first-order chi connectivity index (χ1) is 10.7. The lowest BCUT2D eigenvalue weighted by Gasteiger charge is -2.11. The monoisotopic (exact) mass is 332 g/mol. The Morgan fingerprint density at radius 3 is 2.68 bits per heavy atom. The molecule has 22 heavy (non-hydrogen) atoms. The summed E-state index contributed by atoms with van der Waals surface area (Å²) >= 11 is 12.3. The molecule has 0 amide bonds. The van der Waals surface area contributed by atoms with E-state index in [1.807, 2.05) is 24.3 Å². The maximum atomic E-state index is 6.34. The van der Waals surface area contributed by atoms with E-state index in [4.69, 9.17) is 28.2 Å². The van der Waals surface area contributed by atoms with Crippen molar-refractivity contribution in [2.45, 2.75) is 32.7 Å². The number of aromatic nitrogens is 2. The van der Waals surface area contributed by atoms with Crippen molar-refractivity contribution in [3.05, 3.63) is 63.9 Å². The molecule has 0 bridgehead atoms.